The lowest BCUT2D eigenvalue weighted by molar-refractivity contribution is -0.179. The summed E-state index contributed by atoms with van der Waals surface area (Å²) in [5, 5.41) is 3.28. The largest absolute Gasteiger partial charge is 0.391 e. The summed E-state index contributed by atoms with van der Waals surface area (Å²) in [5.41, 5.74) is 7.29. The van der Waals surface area contributed by atoms with E-state index in [0.717, 1.165) is 5.56 Å². The maximum absolute atomic E-state index is 14.8. The van der Waals surface area contributed by atoms with Crippen molar-refractivity contribution in [1.29, 1.82) is 0 Å². The van der Waals surface area contributed by atoms with Crippen molar-refractivity contribution in [2.45, 2.75) is 32.0 Å². The van der Waals surface area contributed by atoms with E-state index in [9.17, 15) is 27.2 Å². The molecule has 35 heavy (non-hydrogen) atoms. The number of nitrogens with two attached hydrogens (primary N) is 1. The van der Waals surface area contributed by atoms with Crippen LogP contribution in [0.1, 0.15) is 24.8 Å². The van der Waals surface area contributed by atoms with Gasteiger partial charge in [0.05, 0.1) is 28.2 Å². The zero-order chi connectivity index (χ0) is 25.3. The number of anilines is 3. The topological polar surface area (TPSA) is 78.7 Å². The van der Waals surface area contributed by atoms with Gasteiger partial charge in [-0.1, -0.05) is 23.7 Å². The van der Waals surface area contributed by atoms with Gasteiger partial charge >= 0.3 is 6.18 Å². The Kier molecular flexibility index (Phi) is 7.12. The Morgan fingerprint density at radius 1 is 1.14 bits per heavy atom. The van der Waals surface area contributed by atoms with Crippen molar-refractivity contribution in [3.8, 4) is 0 Å². The van der Waals surface area contributed by atoms with Gasteiger partial charge in [-0.3, -0.25) is 9.59 Å². The summed E-state index contributed by atoms with van der Waals surface area (Å²) < 4.78 is 53.5. The van der Waals surface area contributed by atoms with Crippen molar-refractivity contribution >= 4 is 40.5 Å². The summed E-state index contributed by atoms with van der Waals surface area (Å²) in [6.45, 7) is 0.845. The Balaban J connectivity index is 1.39. The van der Waals surface area contributed by atoms with Gasteiger partial charge < -0.3 is 20.9 Å². The van der Waals surface area contributed by atoms with E-state index in [1.54, 1.807) is 34.1 Å². The molecule has 4 rings (SSSR count). The van der Waals surface area contributed by atoms with E-state index in [1.165, 1.54) is 12.1 Å². The van der Waals surface area contributed by atoms with Gasteiger partial charge in [-0.25, -0.2) is 4.39 Å². The van der Waals surface area contributed by atoms with E-state index in [1.807, 2.05) is 0 Å². The number of halogens is 5. The molecule has 2 aliphatic rings. The molecule has 0 aliphatic carbocycles. The average molecular weight is 513 g/mol. The summed E-state index contributed by atoms with van der Waals surface area (Å²) in [6, 6.07) is 9.77. The number of amides is 2. The number of benzene rings is 2. The Morgan fingerprint density at radius 2 is 1.80 bits per heavy atom. The molecule has 2 aliphatic heterocycles. The van der Waals surface area contributed by atoms with Gasteiger partial charge in [0.2, 0.25) is 11.8 Å². The molecular weight excluding hydrogens is 488 g/mol. The molecule has 1 atom stereocenters. The van der Waals surface area contributed by atoms with Crippen molar-refractivity contribution in [3.63, 3.8) is 0 Å². The Labute approximate surface area is 205 Å². The molecule has 2 heterocycles. The molecule has 1 unspecified atom stereocenters. The van der Waals surface area contributed by atoms with Crippen molar-refractivity contribution in [3.05, 3.63) is 52.8 Å². The van der Waals surface area contributed by atoms with Gasteiger partial charge in [0.15, 0.2) is 0 Å². The summed E-state index contributed by atoms with van der Waals surface area (Å²) in [6.07, 6.45) is -4.28. The molecule has 2 amide bonds. The van der Waals surface area contributed by atoms with Crippen LogP contribution in [-0.4, -0.2) is 42.5 Å². The second-order valence-electron chi connectivity index (χ2n) is 8.99. The molecule has 2 fully saturated rings. The summed E-state index contributed by atoms with van der Waals surface area (Å²) in [4.78, 5) is 26.6. The molecule has 0 bridgehead atoms. The number of hydrogen-bond acceptors (Lipinski definition) is 4. The molecule has 6 nitrogen and oxygen atoms in total. The number of nitrogens with one attached hydrogen (secondary N) is 1. The third-order valence-corrected chi connectivity index (χ3v) is 6.87. The van der Waals surface area contributed by atoms with Crippen LogP contribution < -0.4 is 16.0 Å². The fourth-order valence-corrected chi connectivity index (χ4v) is 4.71. The first-order valence-electron chi connectivity index (χ1n) is 11.2. The smallest absolute Gasteiger partial charge is 0.369 e. The fraction of sp³-hybridized carbons (Fsp3) is 0.417. The van der Waals surface area contributed by atoms with Gasteiger partial charge in [0, 0.05) is 44.4 Å². The maximum Gasteiger partial charge on any atom is 0.391 e. The lowest BCUT2D eigenvalue weighted by Gasteiger charge is -2.34. The Bertz CT molecular complexity index is 1100. The SMILES string of the molecule is NC(=O)C1CC(=O)N(Cc2ccc(Nc3cc(F)c(N4CCC(C(F)(F)F)CC4)cc3Cl)cc2)C1. The van der Waals surface area contributed by atoms with Crippen LogP contribution in [0.2, 0.25) is 5.02 Å². The second-order valence-corrected chi connectivity index (χ2v) is 9.39. The van der Waals surface area contributed by atoms with E-state index in [-0.39, 0.29) is 49.0 Å². The molecule has 0 saturated carbocycles. The van der Waals surface area contributed by atoms with E-state index < -0.39 is 29.7 Å². The minimum atomic E-state index is -4.23. The zero-order valence-electron chi connectivity index (χ0n) is 18.7. The highest BCUT2D eigenvalue weighted by Crippen LogP contribution is 2.38. The lowest BCUT2D eigenvalue weighted by Crippen LogP contribution is -2.39. The number of carbonyl (C=O) groups is 2. The van der Waals surface area contributed by atoms with Gasteiger partial charge in [-0.05, 0) is 36.6 Å². The fourth-order valence-electron chi connectivity index (χ4n) is 4.51. The maximum atomic E-state index is 14.8. The number of hydrogen-bond donors (Lipinski definition) is 2. The highest BCUT2D eigenvalue weighted by atomic mass is 35.5. The monoisotopic (exact) mass is 512 g/mol. The standard InChI is InChI=1S/C24H25ClF4N4O2/c25-18-10-21(32-7-5-16(6-8-32)24(27,28)29)19(26)11-20(18)31-17-3-1-14(2-4-17)12-33-13-15(23(30)35)9-22(33)34/h1-4,10-11,15-16,31H,5-9,12-13H2,(H2,30,35). The molecule has 3 N–H and O–H groups in total. The van der Waals surface area contributed by atoms with E-state index in [0.29, 0.717) is 24.5 Å². The van der Waals surface area contributed by atoms with E-state index in [4.69, 9.17) is 17.3 Å². The van der Waals surface area contributed by atoms with Gasteiger partial charge in [0.25, 0.3) is 0 Å². The minimum Gasteiger partial charge on any atom is -0.369 e. The van der Waals surface area contributed by atoms with Crippen LogP contribution in [0.5, 0.6) is 0 Å². The van der Waals surface area contributed by atoms with Gasteiger partial charge in [-0.2, -0.15) is 13.2 Å². The predicted molar refractivity (Wildman–Crippen MR) is 125 cm³/mol. The summed E-state index contributed by atoms with van der Waals surface area (Å²) >= 11 is 6.35. The van der Waals surface area contributed by atoms with Crippen LogP contribution in [0.15, 0.2) is 36.4 Å². The number of alkyl halides is 3. The summed E-state index contributed by atoms with van der Waals surface area (Å²) in [7, 11) is 0. The molecule has 11 heteroatoms. The van der Waals surface area contributed by atoms with Gasteiger partial charge in [0.1, 0.15) is 5.82 Å². The number of nitrogens with zero attached hydrogens (tertiary/aromatic N) is 2. The van der Waals surface area contributed by atoms with Crippen molar-refractivity contribution in [2.75, 3.05) is 29.9 Å². The van der Waals surface area contributed by atoms with Crippen LogP contribution in [0.3, 0.4) is 0 Å². The molecule has 188 valence electrons. The van der Waals surface area contributed by atoms with Crippen LogP contribution in [0.4, 0.5) is 34.6 Å². The number of primary amides is 1. The minimum absolute atomic E-state index is 0.0842. The number of carbonyl (C=O) groups excluding carboxylic acids is 2. The second kappa shape index (κ2) is 9.93. The van der Waals surface area contributed by atoms with Crippen LogP contribution in [0.25, 0.3) is 0 Å². The van der Waals surface area contributed by atoms with Crippen molar-refractivity contribution in [2.24, 2.45) is 17.6 Å². The summed E-state index contributed by atoms with van der Waals surface area (Å²) in [5.74, 6) is -3.02. The van der Waals surface area contributed by atoms with Crippen LogP contribution in [-0.2, 0) is 16.1 Å². The highest BCUT2D eigenvalue weighted by Gasteiger charge is 2.41. The van der Waals surface area contributed by atoms with Crippen molar-refractivity contribution < 1.29 is 27.2 Å². The molecule has 0 spiro atoms. The van der Waals surface area contributed by atoms with Crippen LogP contribution in [0, 0.1) is 17.7 Å². The molecule has 2 aromatic carbocycles. The van der Waals surface area contributed by atoms with Crippen LogP contribution >= 0.6 is 11.6 Å². The normalized spacial score (nSPS) is 19.3. The number of piperidine rings is 1. The molecule has 0 radical (unpaired) electrons. The highest BCUT2D eigenvalue weighted by molar-refractivity contribution is 6.33. The predicted octanol–water partition coefficient (Wildman–Crippen LogP) is 4.84. The third kappa shape index (κ3) is 5.80. The van der Waals surface area contributed by atoms with Crippen molar-refractivity contribution in [1.82, 2.24) is 4.90 Å². The molecule has 2 saturated heterocycles. The van der Waals surface area contributed by atoms with Gasteiger partial charge in [-0.15, -0.1) is 0 Å². The lowest BCUT2D eigenvalue weighted by atomic mass is 9.96. The molecule has 0 aromatic heterocycles. The number of rotatable bonds is 6. The Morgan fingerprint density at radius 3 is 2.37 bits per heavy atom. The first-order chi connectivity index (χ1) is 16.5. The Hall–Kier alpha value is -3.01. The first kappa shape index (κ1) is 25.1. The molecule has 2 aromatic rings. The third-order valence-electron chi connectivity index (χ3n) is 6.56. The van der Waals surface area contributed by atoms with E-state index >= 15 is 0 Å². The van der Waals surface area contributed by atoms with E-state index in [2.05, 4.69) is 5.32 Å². The zero-order valence-corrected chi connectivity index (χ0v) is 19.5. The first-order valence-corrected chi connectivity index (χ1v) is 11.6. The quantitative estimate of drug-likeness (QED) is 0.543. The number of likely N-dealkylation sites (tertiary alicyclic amines) is 1. The molecular formula is C24H25ClF4N4O2. The average Bonchev–Trinajstić information content (AvgIpc) is 3.17.